The number of carbonyl (C=O) groups excluding carboxylic acids is 2. The second kappa shape index (κ2) is 12.9. The van der Waals surface area contributed by atoms with Gasteiger partial charge >= 0.3 is 0 Å². The number of likely N-dealkylation sites (tertiary alicyclic amines) is 1. The van der Waals surface area contributed by atoms with Crippen LogP contribution in [0.25, 0.3) is 16.8 Å². The number of amides is 2. The number of aryl methyl sites for hydroxylation is 1. The summed E-state index contributed by atoms with van der Waals surface area (Å²) < 4.78 is 1.91. The van der Waals surface area contributed by atoms with E-state index in [1.54, 1.807) is 36.4 Å². The Hall–Kier alpha value is -4.71. The maximum Gasteiger partial charge on any atom is 0.299 e. The Kier molecular flexibility index (Phi) is 9.12. The van der Waals surface area contributed by atoms with Crippen LogP contribution in [0.2, 0.25) is 0 Å². The van der Waals surface area contributed by atoms with Crippen LogP contribution < -0.4 is 11.1 Å². The fourth-order valence-corrected chi connectivity index (χ4v) is 4.94. The molecule has 2 amide bonds. The van der Waals surface area contributed by atoms with Gasteiger partial charge in [0.1, 0.15) is 28.7 Å². The molecule has 1 atom stereocenters. The normalized spacial score (nSPS) is 14.2. The molecule has 1 aliphatic heterocycles. The standard InChI is InChI=1S/C29H29N7O2.C2H6/c1-3-6-19-13-14-31-23(18-19)33-29(38)21-11-9-20(10-12-21)25-26-27(30)32-15-17-36(26)28(34-25)22-8-5-16-35(22)24(37)7-4-2;1-2/h9-15,17-18,22H,3,5-6,8,16H2,1-2H3,(H2,30,32)(H,31,33,38);1-2H3/t22-;/m0./s1. The number of nitrogens with zero attached hydrogens (tertiary/aromatic N) is 5. The topological polar surface area (TPSA) is 119 Å². The quantitative estimate of drug-likeness (QED) is 0.323. The van der Waals surface area contributed by atoms with Crippen LogP contribution in [-0.4, -0.2) is 42.6 Å². The number of pyridine rings is 1. The van der Waals surface area contributed by atoms with Crippen LogP contribution in [0.3, 0.4) is 0 Å². The van der Waals surface area contributed by atoms with Crippen molar-refractivity contribution in [2.45, 2.75) is 59.4 Å². The number of imidazole rings is 1. The van der Waals surface area contributed by atoms with Crippen molar-refractivity contribution in [2.24, 2.45) is 0 Å². The molecule has 1 aliphatic rings. The fourth-order valence-electron chi connectivity index (χ4n) is 4.94. The van der Waals surface area contributed by atoms with Crippen LogP contribution in [0.15, 0.2) is 55.0 Å². The van der Waals surface area contributed by atoms with Crippen molar-refractivity contribution in [1.82, 2.24) is 24.3 Å². The minimum absolute atomic E-state index is 0.208. The number of nitrogen functional groups attached to an aromatic ring is 1. The van der Waals surface area contributed by atoms with E-state index < -0.39 is 0 Å². The summed E-state index contributed by atoms with van der Waals surface area (Å²) in [6.45, 7) is 8.39. The molecule has 1 aromatic carbocycles. The van der Waals surface area contributed by atoms with E-state index in [-0.39, 0.29) is 17.9 Å². The summed E-state index contributed by atoms with van der Waals surface area (Å²) in [6, 6.07) is 10.8. The first kappa shape index (κ1) is 28.3. The Morgan fingerprint density at radius 2 is 1.90 bits per heavy atom. The van der Waals surface area contributed by atoms with E-state index in [9.17, 15) is 9.59 Å². The molecule has 0 saturated carbocycles. The van der Waals surface area contributed by atoms with Crippen LogP contribution in [0, 0.1) is 11.8 Å². The number of aromatic nitrogens is 4. The highest BCUT2D eigenvalue weighted by Crippen LogP contribution is 2.36. The van der Waals surface area contributed by atoms with E-state index >= 15 is 0 Å². The Morgan fingerprint density at radius 3 is 2.62 bits per heavy atom. The van der Waals surface area contributed by atoms with E-state index in [2.05, 4.69) is 34.0 Å². The van der Waals surface area contributed by atoms with Crippen molar-refractivity contribution < 1.29 is 9.59 Å². The maximum atomic E-state index is 12.9. The van der Waals surface area contributed by atoms with Crippen molar-refractivity contribution in [3.8, 4) is 23.1 Å². The van der Waals surface area contributed by atoms with Gasteiger partial charge < -0.3 is 16.0 Å². The zero-order chi connectivity index (χ0) is 28.6. The number of carbonyl (C=O) groups is 2. The molecular formula is C31H35N7O2. The van der Waals surface area contributed by atoms with Crippen molar-refractivity contribution in [3.63, 3.8) is 0 Å². The number of hydrogen-bond acceptors (Lipinski definition) is 6. The van der Waals surface area contributed by atoms with Crippen molar-refractivity contribution >= 4 is 29.0 Å². The van der Waals surface area contributed by atoms with Gasteiger partial charge in [0.05, 0.1) is 6.04 Å². The Bertz CT molecular complexity index is 1560. The maximum absolute atomic E-state index is 12.9. The van der Waals surface area contributed by atoms with Gasteiger partial charge in [-0.25, -0.2) is 15.0 Å². The third-order valence-electron chi connectivity index (χ3n) is 6.68. The van der Waals surface area contributed by atoms with Crippen LogP contribution in [0.5, 0.6) is 0 Å². The lowest BCUT2D eigenvalue weighted by Gasteiger charge is -2.21. The van der Waals surface area contributed by atoms with Crippen molar-refractivity contribution in [2.75, 3.05) is 17.6 Å². The number of hydrogen-bond donors (Lipinski definition) is 2. The van der Waals surface area contributed by atoms with Crippen molar-refractivity contribution in [1.29, 1.82) is 0 Å². The lowest BCUT2D eigenvalue weighted by molar-refractivity contribution is -0.126. The number of anilines is 2. The van der Waals surface area contributed by atoms with E-state index in [1.165, 1.54) is 0 Å². The predicted octanol–water partition coefficient (Wildman–Crippen LogP) is 5.29. The summed E-state index contributed by atoms with van der Waals surface area (Å²) in [5.41, 5.74) is 10.0. The zero-order valence-electron chi connectivity index (χ0n) is 23.4. The molecule has 0 bridgehead atoms. The smallest absolute Gasteiger partial charge is 0.299 e. The van der Waals surface area contributed by atoms with Gasteiger partial charge in [0.15, 0.2) is 0 Å². The molecule has 1 fully saturated rings. The highest BCUT2D eigenvalue weighted by atomic mass is 16.2. The molecule has 40 heavy (non-hydrogen) atoms. The summed E-state index contributed by atoms with van der Waals surface area (Å²) in [4.78, 5) is 40.8. The molecule has 0 unspecified atom stereocenters. The van der Waals surface area contributed by atoms with Crippen LogP contribution in [0.1, 0.15) is 74.7 Å². The summed E-state index contributed by atoms with van der Waals surface area (Å²) in [6.07, 6.45) is 8.74. The summed E-state index contributed by atoms with van der Waals surface area (Å²) in [5.74, 6) is 6.47. The van der Waals surface area contributed by atoms with Crippen LogP contribution in [-0.2, 0) is 11.2 Å². The Labute approximate surface area is 234 Å². The van der Waals surface area contributed by atoms with E-state index in [0.29, 0.717) is 40.8 Å². The Morgan fingerprint density at radius 1 is 1.12 bits per heavy atom. The monoisotopic (exact) mass is 537 g/mol. The van der Waals surface area contributed by atoms with Crippen LogP contribution in [0.4, 0.5) is 11.6 Å². The first-order chi connectivity index (χ1) is 19.5. The highest BCUT2D eigenvalue weighted by Gasteiger charge is 2.33. The summed E-state index contributed by atoms with van der Waals surface area (Å²) in [5, 5.41) is 2.87. The van der Waals surface area contributed by atoms with E-state index in [1.807, 2.05) is 48.7 Å². The molecule has 5 rings (SSSR count). The molecule has 1 saturated heterocycles. The molecular weight excluding hydrogens is 502 g/mol. The minimum Gasteiger partial charge on any atom is -0.382 e. The zero-order valence-corrected chi connectivity index (χ0v) is 23.4. The number of rotatable bonds is 6. The van der Waals surface area contributed by atoms with Gasteiger partial charge in [0, 0.05) is 36.3 Å². The molecule has 206 valence electrons. The number of nitrogens with one attached hydrogen (secondary N) is 1. The highest BCUT2D eigenvalue weighted by molar-refractivity contribution is 6.04. The Balaban J connectivity index is 0.00000181. The number of nitrogens with two attached hydrogens (primary N) is 1. The molecule has 4 heterocycles. The molecule has 9 heteroatoms. The summed E-state index contributed by atoms with van der Waals surface area (Å²) in [7, 11) is 0. The average molecular weight is 538 g/mol. The number of fused-ring (bicyclic) bond motifs is 1. The summed E-state index contributed by atoms with van der Waals surface area (Å²) >= 11 is 0. The third kappa shape index (κ3) is 5.81. The molecule has 0 aliphatic carbocycles. The molecule has 0 spiro atoms. The molecule has 4 aromatic rings. The van der Waals surface area contributed by atoms with Crippen LogP contribution >= 0.6 is 0 Å². The van der Waals surface area contributed by atoms with E-state index in [4.69, 9.17) is 10.7 Å². The molecule has 3 aromatic heterocycles. The SMILES string of the molecule is CC.CC#CC(=O)N1CCC[C@H]1c1nc(-c2ccc(C(=O)Nc3cc(CCC)ccn3)cc2)c2c(N)nccn12. The first-order valence-corrected chi connectivity index (χ1v) is 13.7. The second-order valence-corrected chi connectivity index (χ2v) is 9.21. The fraction of sp³-hybridized carbons (Fsp3) is 0.323. The molecule has 0 radical (unpaired) electrons. The largest absolute Gasteiger partial charge is 0.382 e. The van der Waals surface area contributed by atoms with Gasteiger partial charge in [-0.1, -0.05) is 45.2 Å². The number of benzene rings is 1. The molecule has 3 N–H and O–H groups in total. The van der Waals surface area contributed by atoms with E-state index in [0.717, 1.165) is 36.8 Å². The average Bonchev–Trinajstić information content (AvgIpc) is 3.61. The minimum atomic E-state index is -0.244. The lowest BCUT2D eigenvalue weighted by atomic mass is 10.1. The first-order valence-electron chi connectivity index (χ1n) is 13.7. The van der Waals surface area contributed by atoms with Gasteiger partial charge in [-0.3, -0.25) is 14.0 Å². The second-order valence-electron chi connectivity index (χ2n) is 9.21. The van der Waals surface area contributed by atoms with Crippen molar-refractivity contribution in [3.05, 3.63) is 71.9 Å². The van der Waals surface area contributed by atoms with Gasteiger partial charge in [0.25, 0.3) is 11.8 Å². The van der Waals surface area contributed by atoms with Gasteiger partial charge in [-0.15, -0.1) is 0 Å². The van der Waals surface area contributed by atoms with Gasteiger partial charge in [-0.2, -0.15) is 0 Å². The lowest BCUT2D eigenvalue weighted by Crippen LogP contribution is -2.30. The van der Waals surface area contributed by atoms with Gasteiger partial charge in [0.2, 0.25) is 0 Å². The van der Waals surface area contributed by atoms with Gasteiger partial charge in [-0.05, 0) is 61.9 Å². The third-order valence-corrected chi connectivity index (χ3v) is 6.68. The predicted molar refractivity (Wildman–Crippen MR) is 158 cm³/mol. The molecule has 9 nitrogen and oxygen atoms in total.